The molecule has 2 aromatic carbocycles. The minimum absolute atomic E-state index is 0.347. The lowest BCUT2D eigenvalue weighted by atomic mass is 10.2. The van der Waals surface area contributed by atoms with E-state index < -0.39 is 0 Å². The fraction of sp³-hybridized carbons (Fsp3) is 0.200. The number of hydrogen-bond acceptors (Lipinski definition) is 3. The molecule has 104 valence electrons. The highest BCUT2D eigenvalue weighted by Gasteiger charge is 2.11. The average Bonchev–Trinajstić information content (AvgIpc) is 2.46. The lowest BCUT2D eigenvalue weighted by molar-refractivity contribution is 0.171. The zero-order valence-electron chi connectivity index (χ0n) is 10.7. The van der Waals surface area contributed by atoms with Crippen LogP contribution < -0.4 is 14.8 Å². The van der Waals surface area contributed by atoms with Crippen molar-refractivity contribution in [1.82, 2.24) is 0 Å². The molecule has 0 unspecified atom stereocenters. The maximum Gasteiger partial charge on any atom is 0.161 e. The zero-order chi connectivity index (χ0) is 13.9. The van der Waals surface area contributed by atoms with Gasteiger partial charge in [-0.05, 0) is 35.9 Å². The highest BCUT2D eigenvalue weighted by atomic mass is 35.5. The van der Waals surface area contributed by atoms with Crippen LogP contribution in [0.25, 0.3) is 0 Å². The molecule has 0 spiro atoms. The molecule has 0 radical (unpaired) electrons. The molecule has 0 saturated heterocycles. The van der Waals surface area contributed by atoms with Crippen molar-refractivity contribution in [3.63, 3.8) is 0 Å². The molecule has 0 aliphatic carbocycles. The summed E-state index contributed by atoms with van der Waals surface area (Å²) in [5.74, 6) is 1.17. The molecule has 0 amide bonds. The van der Waals surface area contributed by atoms with Gasteiger partial charge in [0.2, 0.25) is 0 Å². The van der Waals surface area contributed by atoms with Crippen LogP contribution in [0.15, 0.2) is 36.4 Å². The van der Waals surface area contributed by atoms with E-state index in [1.165, 1.54) is 12.1 Å². The van der Waals surface area contributed by atoms with Gasteiger partial charge in [0.25, 0.3) is 0 Å². The number of hydrogen-bond donors (Lipinski definition) is 1. The molecular formula is C15H13ClFNO2. The minimum atomic E-state index is -0.347. The molecule has 1 aliphatic heterocycles. The van der Waals surface area contributed by atoms with E-state index in [4.69, 9.17) is 21.1 Å². The molecule has 0 fully saturated rings. The van der Waals surface area contributed by atoms with Crippen LogP contribution in [0.2, 0.25) is 5.02 Å². The molecule has 2 aromatic rings. The van der Waals surface area contributed by atoms with E-state index in [9.17, 15) is 4.39 Å². The monoisotopic (exact) mass is 293 g/mol. The van der Waals surface area contributed by atoms with E-state index in [1.54, 1.807) is 6.07 Å². The lowest BCUT2D eigenvalue weighted by Crippen LogP contribution is -2.15. The van der Waals surface area contributed by atoms with Crippen LogP contribution in [0.1, 0.15) is 5.56 Å². The van der Waals surface area contributed by atoms with Gasteiger partial charge in [-0.15, -0.1) is 0 Å². The summed E-state index contributed by atoms with van der Waals surface area (Å²) in [6.45, 7) is 1.71. The third-order valence-electron chi connectivity index (χ3n) is 3.02. The number of anilines is 1. The Morgan fingerprint density at radius 3 is 2.65 bits per heavy atom. The Labute approximate surface area is 121 Å². The summed E-state index contributed by atoms with van der Waals surface area (Å²) >= 11 is 5.96. The fourth-order valence-electron chi connectivity index (χ4n) is 2.03. The van der Waals surface area contributed by atoms with Crippen molar-refractivity contribution < 1.29 is 13.9 Å². The molecule has 0 saturated carbocycles. The molecule has 3 nitrogen and oxygen atoms in total. The Morgan fingerprint density at radius 2 is 1.85 bits per heavy atom. The fourth-order valence-corrected chi connectivity index (χ4v) is 2.26. The standard InChI is InChI=1S/C15H13ClFNO2/c16-12-8-11(17)2-3-13(12)18-9-10-1-4-14-15(7-10)20-6-5-19-14/h1-4,7-8,18H,5-6,9H2. The molecule has 1 heterocycles. The smallest absolute Gasteiger partial charge is 0.161 e. The first-order valence-electron chi connectivity index (χ1n) is 6.30. The molecular weight excluding hydrogens is 281 g/mol. The Balaban J connectivity index is 1.72. The summed E-state index contributed by atoms with van der Waals surface area (Å²) in [6.07, 6.45) is 0. The van der Waals surface area contributed by atoms with Gasteiger partial charge in [0, 0.05) is 6.54 Å². The molecule has 1 aliphatic rings. The molecule has 0 aromatic heterocycles. The molecule has 0 bridgehead atoms. The van der Waals surface area contributed by atoms with Gasteiger partial charge in [0.15, 0.2) is 11.5 Å². The highest BCUT2D eigenvalue weighted by molar-refractivity contribution is 6.33. The molecule has 1 N–H and O–H groups in total. The van der Waals surface area contributed by atoms with Gasteiger partial charge in [-0.1, -0.05) is 17.7 Å². The summed E-state index contributed by atoms with van der Waals surface area (Å²) in [6, 6.07) is 10.1. The van der Waals surface area contributed by atoms with E-state index in [0.717, 1.165) is 17.1 Å². The van der Waals surface area contributed by atoms with Gasteiger partial charge in [-0.2, -0.15) is 0 Å². The predicted molar refractivity (Wildman–Crippen MR) is 76.2 cm³/mol. The Bertz CT molecular complexity index is 633. The van der Waals surface area contributed by atoms with Crippen LogP contribution in [0.5, 0.6) is 11.5 Å². The van der Waals surface area contributed by atoms with Crippen molar-refractivity contribution in [2.24, 2.45) is 0 Å². The van der Waals surface area contributed by atoms with Crippen molar-refractivity contribution in [3.8, 4) is 11.5 Å². The summed E-state index contributed by atoms with van der Waals surface area (Å²) in [5, 5.41) is 3.53. The normalized spacial score (nSPS) is 13.1. The average molecular weight is 294 g/mol. The number of ether oxygens (including phenoxy) is 2. The SMILES string of the molecule is Fc1ccc(NCc2ccc3c(c2)OCCO3)c(Cl)c1. The maximum atomic E-state index is 13.0. The molecule has 20 heavy (non-hydrogen) atoms. The Hall–Kier alpha value is -1.94. The molecule has 0 atom stereocenters. The topological polar surface area (TPSA) is 30.5 Å². The Morgan fingerprint density at radius 1 is 1.05 bits per heavy atom. The number of nitrogens with one attached hydrogen (secondary N) is 1. The first-order chi connectivity index (χ1) is 9.72. The predicted octanol–water partition coefficient (Wildman–Crippen LogP) is 3.86. The van der Waals surface area contributed by atoms with Crippen molar-refractivity contribution in [3.05, 3.63) is 52.8 Å². The maximum absolute atomic E-state index is 13.0. The van der Waals surface area contributed by atoms with Crippen LogP contribution in [0, 0.1) is 5.82 Å². The third-order valence-corrected chi connectivity index (χ3v) is 3.33. The Kier molecular flexibility index (Phi) is 3.65. The summed E-state index contributed by atoms with van der Waals surface area (Å²) in [4.78, 5) is 0. The second-order valence-corrected chi connectivity index (χ2v) is 4.86. The van der Waals surface area contributed by atoms with E-state index in [-0.39, 0.29) is 5.82 Å². The first-order valence-corrected chi connectivity index (χ1v) is 6.67. The van der Waals surface area contributed by atoms with Gasteiger partial charge >= 0.3 is 0 Å². The van der Waals surface area contributed by atoms with Gasteiger partial charge in [-0.25, -0.2) is 4.39 Å². The second kappa shape index (κ2) is 5.59. The summed E-state index contributed by atoms with van der Waals surface area (Å²) < 4.78 is 23.9. The minimum Gasteiger partial charge on any atom is -0.486 e. The van der Waals surface area contributed by atoms with Crippen molar-refractivity contribution >= 4 is 17.3 Å². The second-order valence-electron chi connectivity index (χ2n) is 4.46. The first kappa shape index (κ1) is 13.1. The van der Waals surface area contributed by atoms with E-state index >= 15 is 0 Å². The lowest BCUT2D eigenvalue weighted by Gasteiger charge is -2.19. The quantitative estimate of drug-likeness (QED) is 0.932. The van der Waals surface area contributed by atoms with E-state index in [2.05, 4.69) is 5.32 Å². The molecule has 3 rings (SSSR count). The number of halogens is 2. The van der Waals surface area contributed by atoms with Crippen molar-refractivity contribution in [1.29, 1.82) is 0 Å². The van der Waals surface area contributed by atoms with Crippen LogP contribution in [0.3, 0.4) is 0 Å². The largest absolute Gasteiger partial charge is 0.486 e. The van der Waals surface area contributed by atoms with Crippen molar-refractivity contribution in [2.45, 2.75) is 6.54 Å². The third kappa shape index (κ3) is 2.80. The van der Waals surface area contributed by atoms with Crippen LogP contribution in [0.4, 0.5) is 10.1 Å². The van der Waals surface area contributed by atoms with Gasteiger partial charge in [0.05, 0.1) is 10.7 Å². The zero-order valence-corrected chi connectivity index (χ0v) is 11.4. The van der Waals surface area contributed by atoms with Crippen LogP contribution >= 0.6 is 11.6 Å². The molecule has 5 heteroatoms. The number of benzene rings is 2. The van der Waals surface area contributed by atoms with Crippen LogP contribution in [-0.4, -0.2) is 13.2 Å². The van der Waals surface area contributed by atoms with Gasteiger partial charge in [-0.3, -0.25) is 0 Å². The van der Waals surface area contributed by atoms with E-state index in [0.29, 0.717) is 30.5 Å². The van der Waals surface area contributed by atoms with Crippen molar-refractivity contribution in [2.75, 3.05) is 18.5 Å². The summed E-state index contributed by atoms with van der Waals surface area (Å²) in [5.41, 5.74) is 1.73. The van der Waals surface area contributed by atoms with E-state index in [1.807, 2.05) is 18.2 Å². The van der Waals surface area contributed by atoms with Gasteiger partial charge in [0.1, 0.15) is 19.0 Å². The van der Waals surface area contributed by atoms with Crippen LogP contribution in [-0.2, 0) is 6.54 Å². The summed E-state index contributed by atoms with van der Waals surface area (Å²) in [7, 11) is 0. The number of fused-ring (bicyclic) bond motifs is 1. The highest BCUT2D eigenvalue weighted by Crippen LogP contribution is 2.31. The van der Waals surface area contributed by atoms with Gasteiger partial charge < -0.3 is 14.8 Å². The number of rotatable bonds is 3.